The highest BCUT2D eigenvalue weighted by Gasteiger charge is 2.11. The molecule has 7 heteroatoms. The normalized spacial score (nSPS) is 12.0. The minimum absolute atomic E-state index is 0.513. The number of nitrogens with zero attached hydrogens (tertiary/aromatic N) is 4. The van der Waals surface area contributed by atoms with Crippen LogP contribution in [-0.2, 0) is 0 Å². The zero-order chi connectivity index (χ0) is 17.6. The third kappa shape index (κ3) is 4.25. The molecule has 0 fully saturated rings. The Labute approximate surface area is 159 Å². The van der Waals surface area contributed by atoms with E-state index in [-0.39, 0.29) is 0 Å². The van der Waals surface area contributed by atoms with Crippen molar-refractivity contribution in [3.63, 3.8) is 0 Å². The van der Waals surface area contributed by atoms with Crippen LogP contribution >= 0.6 is 34.5 Å². The van der Waals surface area contributed by atoms with E-state index in [1.807, 2.05) is 23.6 Å². The van der Waals surface area contributed by atoms with Crippen molar-refractivity contribution >= 4 is 40.8 Å². The summed E-state index contributed by atoms with van der Waals surface area (Å²) in [4.78, 5) is 9.26. The number of hydrogen-bond donors (Lipinski definition) is 0. The number of halogens is 2. The summed E-state index contributed by atoms with van der Waals surface area (Å²) in [6.07, 6.45) is 6.94. The number of rotatable bonds is 5. The second-order valence-corrected chi connectivity index (χ2v) is 6.67. The molecule has 0 unspecified atom stereocenters. The van der Waals surface area contributed by atoms with Gasteiger partial charge in [0.05, 0.1) is 23.5 Å². The molecular weight excluding hydrogens is 375 g/mol. The Morgan fingerprint density at radius 3 is 2.72 bits per heavy atom. The molecule has 0 atom stereocenters. The highest BCUT2D eigenvalue weighted by molar-refractivity contribution is 7.07. The minimum atomic E-state index is 0.513. The van der Waals surface area contributed by atoms with Crippen molar-refractivity contribution in [2.24, 2.45) is 10.1 Å². The SMILES string of the molecule is C=CCN=c1scc(-c2ccc(Cl)cc2Cl)n1N=Cc1ccncc1. The highest BCUT2D eigenvalue weighted by atomic mass is 35.5. The maximum Gasteiger partial charge on any atom is 0.206 e. The van der Waals surface area contributed by atoms with Crippen LogP contribution in [0, 0.1) is 0 Å². The summed E-state index contributed by atoms with van der Waals surface area (Å²) < 4.78 is 1.77. The number of hydrogen-bond acceptors (Lipinski definition) is 4. The molecule has 0 aliphatic rings. The van der Waals surface area contributed by atoms with Gasteiger partial charge in [-0.05, 0) is 35.9 Å². The highest BCUT2D eigenvalue weighted by Crippen LogP contribution is 2.30. The van der Waals surface area contributed by atoms with E-state index in [0.29, 0.717) is 16.6 Å². The van der Waals surface area contributed by atoms with Gasteiger partial charge in [-0.1, -0.05) is 29.3 Å². The fraction of sp³-hybridized carbons (Fsp3) is 0.0556. The van der Waals surface area contributed by atoms with Gasteiger partial charge in [-0.2, -0.15) is 5.10 Å². The third-order valence-electron chi connectivity index (χ3n) is 3.28. The quantitative estimate of drug-likeness (QED) is 0.453. The average molecular weight is 389 g/mol. The smallest absolute Gasteiger partial charge is 0.206 e. The van der Waals surface area contributed by atoms with Crippen molar-refractivity contribution in [1.82, 2.24) is 9.66 Å². The molecule has 0 radical (unpaired) electrons. The maximum absolute atomic E-state index is 6.37. The van der Waals surface area contributed by atoms with Crippen LogP contribution in [0.25, 0.3) is 11.3 Å². The molecule has 0 spiro atoms. The molecule has 3 rings (SSSR count). The van der Waals surface area contributed by atoms with E-state index in [4.69, 9.17) is 23.2 Å². The van der Waals surface area contributed by atoms with Crippen molar-refractivity contribution in [1.29, 1.82) is 0 Å². The molecule has 0 saturated heterocycles. The summed E-state index contributed by atoms with van der Waals surface area (Å²) in [5.74, 6) is 0. The second kappa shape index (κ2) is 8.25. The van der Waals surface area contributed by atoms with Crippen molar-refractivity contribution < 1.29 is 0 Å². The van der Waals surface area contributed by atoms with Gasteiger partial charge in [-0.15, -0.1) is 17.9 Å². The van der Waals surface area contributed by atoms with Crippen LogP contribution < -0.4 is 4.80 Å². The zero-order valence-electron chi connectivity index (χ0n) is 13.1. The first-order chi connectivity index (χ1) is 12.2. The Balaban J connectivity index is 2.11. The summed E-state index contributed by atoms with van der Waals surface area (Å²) >= 11 is 13.9. The van der Waals surface area contributed by atoms with E-state index < -0.39 is 0 Å². The molecule has 25 heavy (non-hydrogen) atoms. The number of pyridine rings is 1. The molecule has 0 N–H and O–H groups in total. The summed E-state index contributed by atoms with van der Waals surface area (Å²) in [5.41, 5.74) is 2.63. The first kappa shape index (κ1) is 17.6. The molecule has 3 aromatic rings. The predicted molar refractivity (Wildman–Crippen MR) is 106 cm³/mol. The first-order valence-corrected chi connectivity index (χ1v) is 9.04. The fourth-order valence-corrected chi connectivity index (χ4v) is 3.46. The minimum Gasteiger partial charge on any atom is -0.265 e. The van der Waals surface area contributed by atoms with Gasteiger partial charge < -0.3 is 0 Å². The van der Waals surface area contributed by atoms with Crippen LogP contribution in [0.15, 0.2) is 70.9 Å². The molecule has 0 aliphatic heterocycles. The van der Waals surface area contributed by atoms with Gasteiger partial charge in [0.15, 0.2) is 0 Å². The van der Waals surface area contributed by atoms with E-state index in [2.05, 4.69) is 21.7 Å². The molecule has 0 amide bonds. The molecule has 4 nitrogen and oxygen atoms in total. The van der Waals surface area contributed by atoms with Gasteiger partial charge in [-0.3, -0.25) is 9.98 Å². The Bertz CT molecular complexity index is 974. The Morgan fingerprint density at radius 2 is 2.00 bits per heavy atom. The summed E-state index contributed by atoms with van der Waals surface area (Å²) in [7, 11) is 0. The molecule has 1 aromatic carbocycles. The van der Waals surface area contributed by atoms with E-state index in [0.717, 1.165) is 21.6 Å². The largest absolute Gasteiger partial charge is 0.265 e. The lowest BCUT2D eigenvalue weighted by Gasteiger charge is -2.06. The van der Waals surface area contributed by atoms with Gasteiger partial charge >= 0.3 is 0 Å². The van der Waals surface area contributed by atoms with Crippen LogP contribution in [0.1, 0.15) is 5.56 Å². The van der Waals surface area contributed by atoms with Crippen LogP contribution in [0.5, 0.6) is 0 Å². The molecule has 0 saturated carbocycles. The average Bonchev–Trinajstić information content (AvgIpc) is 3.01. The second-order valence-electron chi connectivity index (χ2n) is 4.99. The van der Waals surface area contributed by atoms with Gasteiger partial charge in [0, 0.05) is 28.4 Å². The topological polar surface area (TPSA) is 42.5 Å². The molecular formula is C18H14Cl2N4S. The Hall–Kier alpha value is -2.21. The summed E-state index contributed by atoms with van der Waals surface area (Å²) in [6, 6.07) is 9.16. The lowest BCUT2D eigenvalue weighted by atomic mass is 10.2. The monoisotopic (exact) mass is 388 g/mol. The summed E-state index contributed by atoms with van der Waals surface area (Å²) in [5, 5.41) is 7.71. The lowest BCUT2D eigenvalue weighted by Crippen LogP contribution is -2.12. The standard InChI is InChI=1S/C18H14Cl2N4S/c1-2-7-22-18-24(23-11-13-5-8-21-9-6-13)17(12-25-18)15-4-3-14(19)10-16(15)20/h2-6,8-12H,1,7H2. The summed E-state index contributed by atoms with van der Waals surface area (Å²) in [6.45, 7) is 4.22. The molecule has 0 bridgehead atoms. The van der Waals surface area contributed by atoms with E-state index in [1.165, 1.54) is 11.3 Å². The Morgan fingerprint density at radius 1 is 1.20 bits per heavy atom. The van der Waals surface area contributed by atoms with E-state index in [1.54, 1.807) is 41.5 Å². The van der Waals surface area contributed by atoms with E-state index in [9.17, 15) is 0 Å². The fourth-order valence-electron chi connectivity index (χ4n) is 2.12. The molecule has 126 valence electrons. The van der Waals surface area contributed by atoms with Crippen LogP contribution in [-0.4, -0.2) is 22.4 Å². The van der Waals surface area contributed by atoms with Crippen LogP contribution in [0.2, 0.25) is 10.0 Å². The van der Waals surface area contributed by atoms with E-state index >= 15 is 0 Å². The lowest BCUT2D eigenvalue weighted by molar-refractivity contribution is 0.840. The predicted octanol–water partition coefficient (Wildman–Crippen LogP) is 4.89. The maximum atomic E-state index is 6.37. The third-order valence-corrected chi connectivity index (χ3v) is 4.68. The van der Waals surface area contributed by atoms with Crippen molar-refractivity contribution in [2.75, 3.05) is 6.54 Å². The Kier molecular flexibility index (Phi) is 5.81. The number of aromatic nitrogens is 2. The molecule has 2 heterocycles. The van der Waals surface area contributed by atoms with Gasteiger partial charge in [0.25, 0.3) is 0 Å². The van der Waals surface area contributed by atoms with Gasteiger partial charge in [0.2, 0.25) is 4.80 Å². The van der Waals surface area contributed by atoms with Gasteiger partial charge in [0.1, 0.15) is 0 Å². The zero-order valence-corrected chi connectivity index (χ0v) is 15.5. The van der Waals surface area contributed by atoms with Crippen molar-refractivity contribution in [2.45, 2.75) is 0 Å². The van der Waals surface area contributed by atoms with Crippen LogP contribution in [0.4, 0.5) is 0 Å². The van der Waals surface area contributed by atoms with Crippen molar-refractivity contribution in [3.05, 3.63) is 81.2 Å². The number of benzene rings is 1. The van der Waals surface area contributed by atoms with Crippen LogP contribution in [0.3, 0.4) is 0 Å². The molecule has 0 aliphatic carbocycles. The van der Waals surface area contributed by atoms with Crippen molar-refractivity contribution in [3.8, 4) is 11.3 Å². The first-order valence-electron chi connectivity index (χ1n) is 7.41. The molecule has 2 aromatic heterocycles. The number of thiazole rings is 1. The van der Waals surface area contributed by atoms with Gasteiger partial charge in [-0.25, -0.2) is 4.68 Å².